The molecule has 2 heterocycles. The molecule has 4 amide bonds. The lowest BCUT2D eigenvalue weighted by Crippen LogP contribution is -2.52. The highest BCUT2D eigenvalue weighted by atomic mass is 35.5. The fourth-order valence-corrected chi connectivity index (χ4v) is 3.57. The predicted octanol–water partition coefficient (Wildman–Crippen LogP) is 2.97. The molecule has 1 saturated heterocycles. The summed E-state index contributed by atoms with van der Waals surface area (Å²) in [6.45, 7) is 3.64. The van der Waals surface area contributed by atoms with E-state index in [4.69, 9.17) is 16.3 Å². The highest BCUT2D eigenvalue weighted by Crippen LogP contribution is 2.29. The molecule has 1 aromatic heterocycles. The lowest BCUT2D eigenvalue weighted by Gasteiger charge is -2.28. The van der Waals surface area contributed by atoms with E-state index in [0.717, 1.165) is 15.5 Å². The van der Waals surface area contributed by atoms with Crippen molar-refractivity contribution in [3.05, 3.63) is 57.4 Å². The van der Waals surface area contributed by atoms with Gasteiger partial charge in [0.1, 0.15) is 5.57 Å². The van der Waals surface area contributed by atoms with E-state index in [-0.39, 0.29) is 5.57 Å². The van der Waals surface area contributed by atoms with Gasteiger partial charge >= 0.3 is 12.0 Å². The summed E-state index contributed by atoms with van der Waals surface area (Å²) in [5.41, 5.74) is 2.87. The van der Waals surface area contributed by atoms with Crippen LogP contribution in [0.5, 0.6) is 0 Å². The maximum absolute atomic E-state index is 12.5. The largest absolute Gasteiger partial charge is 0.465 e. The molecule has 0 aliphatic carbocycles. The Kier molecular flexibility index (Phi) is 5.54. The number of likely N-dealkylation sites (N-methyl/N-ethyl adjacent to an activating group) is 2. The number of imide groups is 2. The third-order valence-electron chi connectivity index (χ3n) is 5.02. The molecule has 1 aromatic carbocycles. The normalized spacial score (nSPS) is 14.5. The number of hydrogen-bond donors (Lipinski definition) is 0. The molecule has 1 aliphatic rings. The van der Waals surface area contributed by atoms with Crippen molar-refractivity contribution in [2.45, 2.75) is 13.8 Å². The van der Waals surface area contributed by atoms with Crippen LogP contribution in [0.2, 0.25) is 5.02 Å². The number of hydrogen-bond acceptors (Lipinski definition) is 5. The van der Waals surface area contributed by atoms with Crippen molar-refractivity contribution in [3.63, 3.8) is 0 Å². The molecule has 8 nitrogen and oxygen atoms in total. The Bertz CT molecular complexity index is 1110. The number of nitrogens with zero attached hydrogens (tertiary/aromatic N) is 3. The number of esters is 1. The zero-order chi connectivity index (χ0) is 22.3. The van der Waals surface area contributed by atoms with Crippen LogP contribution < -0.4 is 0 Å². The van der Waals surface area contributed by atoms with Gasteiger partial charge in [0.2, 0.25) is 0 Å². The Labute approximate surface area is 178 Å². The van der Waals surface area contributed by atoms with Gasteiger partial charge in [0.25, 0.3) is 11.8 Å². The quantitative estimate of drug-likeness (QED) is 0.425. The summed E-state index contributed by atoms with van der Waals surface area (Å²) in [6.07, 6.45) is 1.46. The maximum Gasteiger partial charge on any atom is 0.337 e. The average Bonchev–Trinajstić information content (AvgIpc) is 3.01. The molecule has 2 aromatic rings. The average molecular weight is 430 g/mol. The Hall–Kier alpha value is -3.39. The van der Waals surface area contributed by atoms with E-state index in [1.807, 2.05) is 11.5 Å². The number of amides is 4. The van der Waals surface area contributed by atoms with Gasteiger partial charge in [-0.25, -0.2) is 9.59 Å². The number of benzene rings is 1. The Balaban J connectivity index is 2.13. The molecule has 0 N–H and O–H groups in total. The van der Waals surface area contributed by atoms with Gasteiger partial charge in [-0.3, -0.25) is 19.4 Å². The maximum atomic E-state index is 12.5. The highest BCUT2D eigenvalue weighted by molar-refractivity contribution is 6.32. The first-order chi connectivity index (χ1) is 14.1. The van der Waals surface area contributed by atoms with Gasteiger partial charge in [0.05, 0.1) is 23.4 Å². The molecule has 0 spiro atoms. The third-order valence-corrected chi connectivity index (χ3v) is 5.34. The minimum Gasteiger partial charge on any atom is -0.465 e. The molecule has 156 valence electrons. The minimum absolute atomic E-state index is 0.116. The van der Waals surface area contributed by atoms with Gasteiger partial charge in [-0.1, -0.05) is 11.6 Å². The predicted molar refractivity (Wildman–Crippen MR) is 111 cm³/mol. The number of rotatable bonds is 3. The van der Waals surface area contributed by atoms with Crippen LogP contribution >= 0.6 is 11.6 Å². The molecule has 3 rings (SSSR count). The first kappa shape index (κ1) is 21.3. The van der Waals surface area contributed by atoms with Gasteiger partial charge in [0.15, 0.2) is 0 Å². The van der Waals surface area contributed by atoms with Gasteiger partial charge < -0.3 is 9.30 Å². The zero-order valence-electron chi connectivity index (χ0n) is 17.1. The lowest BCUT2D eigenvalue weighted by atomic mass is 10.1. The number of halogens is 1. The molecular formula is C21H20ClN3O5. The summed E-state index contributed by atoms with van der Waals surface area (Å²) < 4.78 is 6.59. The van der Waals surface area contributed by atoms with E-state index in [1.54, 1.807) is 31.2 Å². The van der Waals surface area contributed by atoms with E-state index in [0.29, 0.717) is 27.5 Å². The van der Waals surface area contributed by atoms with Crippen LogP contribution in [0.3, 0.4) is 0 Å². The van der Waals surface area contributed by atoms with Gasteiger partial charge in [-0.15, -0.1) is 0 Å². The van der Waals surface area contributed by atoms with Crippen LogP contribution in [-0.4, -0.2) is 59.4 Å². The number of barbiturate groups is 1. The molecule has 0 radical (unpaired) electrons. The second kappa shape index (κ2) is 7.79. The van der Waals surface area contributed by atoms with E-state index < -0.39 is 23.8 Å². The third kappa shape index (κ3) is 3.39. The minimum atomic E-state index is -0.681. The van der Waals surface area contributed by atoms with Crippen LogP contribution in [0.15, 0.2) is 29.8 Å². The Morgan fingerprint density at radius 1 is 1.03 bits per heavy atom. The zero-order valence-corrected chi connectivity index (χ0v) is 17.9. The topological polar surface area (TPSA) is 88.9 Å². The number of aryl methyl sites for hydroxylation is 1. The standard InChI is InChI=1S/C21H20ClN3O5/c1-11-8-14(9-15-18(26)23(3)21(29)24(4)19(15)27)12(2)25(11)17-10-13(20(28)30-5)6-7-16(17)22/h6-10H,1-5H3. The summed E-state index contributed by atoms with van der Waals surface area (Å²) >= 11 is 6.38. The lowest BCUT2D eigenvalue weighted by molar-refractivity contribution is -0.134. The fourth-order valence-electron chi connectivity index (χ4n) is 3.36. The van der Waals surface area contributed by atoms with Crippen LogP contribution in [0.1, 0.15) is 27.3 Å². The summed E-state index contributed by atoms with van der Waals surface area (Å²) in [4.78, 5) is 50.6. The first-order valence-corrected chi connectivity index (χ1v) is 9.35. The molecule has 9 heteroatoms. The van der Waals surface area contributed by atoms with Crippen molar-refractivity contribution in [3.8, 4) is 5.69 Å². The molecule has 0 saturated carbocycles. The Morgan fingerprint density at radius 3 is 2.20 bits per heavy atom. The molecule has 0 unspecified atom stereocenters. The monoisotopic (exact) mass is 429 g/mol. The van der Waals surface area contributed by atoms with Crippen molar-refractivity contribution in [2.24, 2.45) is 0 Å². The molecule has 1 fully saturated rings. The summed E-state index contributed by atoms with van der Waals surface area (Å²) in [5, 5.41) is 0.415. The van der Waals surface area contributed by atoms with Gasteiger partial charge in [-0.05, 0) is 49.8 Å². The molecular weight excluding hydrogens is 410 g/mol. The van der Waals surface area contributed by atoms with Crippen LogP contribution in [-0.2, 0) is 14.3 Å². The van der Waals surface area contributed by atoms with E-state index in [1.165, 1.54) is 27.3 Å². The van der Waals surface area contributed by atoms with Crippen molar-refractivity contribution in [2.75, 3.05) is 21.2 Å². The molecule has 1 aliphatic heterocycles. The summed E-state index contributed by atoms with van der Waals surface area (Å²) in [7, 11) is 3.94. The number of carbonyl (C=O) groups excluding carboxylic acids is 4. The van der Waals surface area contributed by atoms with Crippen molar-refractivity contribution in [1.82, 2.24) is 14.4 Å². The molecule has 0 atom stereocenters. The highest BCUT2D eigenvalue weighted by Gasteiger charge is 2.38. The van der Waals surface area contributed by atoms with Crippen LogP contribution in [0.4, 0.5) is 4.79 Å². The number of aromatic nitrogens is 1. The number of ether oxygens (including phenoxy) is 1. The number of methoxy groups -OCH3 is 1. The summed E-state index contributed by atoms with van der Waals surface area (Å²) in [6, 6.07) is 5.89. The van der Waals surface area contributed by atoms with Gasteiger partial charge in [0, 0.05) is 25.5 Å². The molecule has 30 heavy (non-hydrogen) atoms. The second-order valence-corrected chi connectivity index (χ2v) is 7.30. The van der Waals surface area contributed by atoms with E-state index >= 15 is 0 Å². The fraction of sp³-hybridized carbons (Fsp3) is 0.238. The van der Waals surface area contributed by atoms with Crippen molar-refractivity contribution in [1.29, 1.82) is 0 Å². The number of urea groups is 1. The molecule has 0 bridgehead atoms. The number of carbonyl (C=O) groups is 4. The van der Waals surface area contributed by atoms with Crippen LogP contribution in [0, 0.1) is 13.8 Å². The smallest absolute Gasteiger partial charge is 0.337 e. The van der Waals surface area contributed by atoms with Crippen LogP contribution in [0.25, 0.3) is 11.8 Å². The Morgan fingerprint density at radius 2 is 1.63 bits per heavy atom. The van der Waals surface area contributed by atoms with E-state index in [9.17, 15) is 19.2 Å². The van der Waals surface area contributed by atoms with E-state index in [2.05, 4.69) is 0 Å². The first-order valence-electron chi connectivity index (χ1n) is 8.97. The second-order valence-electron chi connectivity index (χ2n) is 6.89. The SMILES string of the molecule is COC(=O)c1ccc(Cl)c(-n2c(C)cc(C=C3C(=O)N(C)C(=O)N(C)C3=O)c2C)c1. The van der Waals surface area contributed by atoms with Crippen molar-refractivity contribution >= 4 is 41.5 Å². The summed E-state index contributed by atoms with van der Waals surface area (Å²) in [5.74, 6) is -1.83. The van der Waals surface area contributed by atoms with Gasteiger partial charge in [-0.2, -0.15) is 0 Å². The van der Waals surface area contributed by atoms with Crippen molar-refractivity contribution < 1.29 is 23.9 Å².